The lowest BCUT2D eigenvalue weighted by molar-refractivity contribution is -0.0847. The Kier molecular flexibility index (Phi) is 2.02. The van der Waals surface area contributed by atoms with Gasteiger partial charge in [-0.1, -0.05) is 27.4 Å². The van der Waals surface area contributed by atoms with Gasteiger partial charge < -0.3 is 4.74 Å². The van der Waals surface area contributed by atoms with Crippen molar-refractivity contribution in [3.8, 4) is 0 Å². The maximum Gasteiger partial charge on any atom is 0.106 e. The van der Waals surface area contributed by atoms with Crippen LogP contribution in [0.4, 0.5) is 0 Å². The summed E-state index contributed by atoms with van der Waals surface area (Å²) in [5, 5.41) is 0. The fourth-order valence-electron chi connectivity index (χ4n) is 1.68. The molecule has 1 aliphatic rings. The molecule has 1 nitrogen and oxygen atoms in total. The SMILES string of the molecule is C=C1OC(C)(C)C(C)CC1(C)C. The third-order valence-corrected chi connectivity index (χ3v) is 3.14. The average molecular weight is 168 g/mol. The Bertz CT molecular complexity index is 201. The van der Waals surface area contributed by atoms with Crippen LogP contribution in [0.2, 0.25) is 0 Å². The molecule has 0 spiro atoms. The molecule has 0 aromatic carbocycles. The van der Waals surface area contributed by atoms with Gasteiger partial charge in [0.25, 0.3) is 0 Å². The summed E-state index contributed by atoms with van der Waals surface area (Å²) >= 11 is 0. The standard InChI is InChI=1S/C11H20O/c1-8-7-10(3,4)9(2)12-11(8,5)6/h8H,2,7H2,1,3-6H3. The zero-order valence-corrected chi connectivity index (χ0v) is 8.90. The van der Waals surface area contributed by atoms with Gasteiger partial charge in [0.05, 0.1) is 5.76 Å². The maximum absolute atomic E-state index is 5.81. The van der Waals surface area contributed by atoms with E-state index < -0.39 is 0 Å². The highest BCUT2D eigenvalue weighted by molar-refractivity contribution is 5.06. The summed E-state index contributed by atoms with van der Waals surface area (Å²) < 4.78 is 5.81. The molecule has 0 aromatic heterocycles. The Morgan fingerprint density at radius 1 is 1.33 bits per heavy atom. The zero-order chi connectivity index (χ0) is 9.57. The van der Waals surface area contributed by atoms with Crippen LogP contribution in [0.25, 0.3) is 0 Å². The molecule has 0 aromatic rings. The topological polar surface area (TPSA) is 9.23 Å². The summed E-state index contributed by atoms with van der Waals surface area (Å²) in [5.74, 6) is 1.53. The van der Waals surface area contributed by atoms with Gasteiger partial charge in [-0.3, -0.25) is 0 Å². The van der Waals surface area contributed by atoms with Crippen molar-refractivity contribution in [2.75, 3.05) is 0 Å². The summed E-state index contributed by atoms with van der Waals surface area (Å²) in [6.45, 7) is 14.9. The highest BCUT2D eigenvalue weighted by atomic mass is 16.5. The quantitative estimate of drug-likeness (QED) is 0.539. The van der Waals surface area contributed by atoms with Crippen molar-refractivity contribution in [3.05, 3.63) is 12.3 Å². The molecule has 1 rings (SSSR count). The van der Waals surface area contributed by atoms with E-state index in [0.29, 0.717) is 5.92 Å². The molecular weight excluding hydrogens is 148 g/mol. The lowest BCUT2D eigenvalue weighted by Crippen LogP contribution is -2.42. The molecule has 12 heavy (non-hydrogen) atoms. The first-order valence-electron chi connectivity index (χ1n) is 4.64. The number of ether oxygens (including phenoxy) is 1. The van der Waals surface area contributed by atoms with Crippen LogP contribution >= 0.6 is 0 Å². The summed E-state index contributed by atoms with van der Waals surface area (Å²) in [6.07, 6.45) is 1.17. The minimum Gasteiger partial charge on any atom is -0.492 e. The van der Waals surface area contributed by atoms with Crippen molar-refractivity contribution in [3.63, 3.8) is 0 Å². The van der Waals surface area contributed by atoms with Gasteiger partial charge in [-0.05, 0) is 26.2 Å². The number of hydrogen-bond donors (Lipinski definition) is 0. The number of allylic oxidation sites excluding steroid dienone is 1. The van der Waals surface area contributed by atoms with Crippen molar-refractivity contribution in [2.24, 2.45) is 11.3 Å². The molecule has 1 fully saturated rings. The molecule has 0 saturated carbocycles. The minimum absolute atomic E-state index is 0.0351. The van der Waals surface area contributed by atoms with Crippen LogP contribution in [0, 0.1) is 11.3 Å². The van der Waals surface area contributed by atoms with Gasteiger partial charge in [0.1, 0.15) is 5.60 Å². The van der Waals surface area contributed by atoms with E-state index in [4.69, 9.17) is 4.74 Å². The summed E-state index contributed by atoms with van der Waals surface area (Å²) in [4.78, 5) is 0. The Labute approximate surface area is 75.8 Å². The molecule has 0 radical (unpaired) electrons. The van der Waals surface area contributed by atoms with Gasteiger partial charge >= 0.3 is 0 Å². The summed E-state index contributed by atoms with van der Waals surface area (Å²) in [7, 11) is 0. The molecule has 1 aliphatic heterocycles. The predicted molar refractivity (Wildman–Crippen MR) is 51.9 cm³/mol. The van der Waals surface area contributed by atoms with Crippen molar-refractivity contribution in [1.29, 1.82) is 0 Å². The Hall–Kier alpha value is -0.460. The zero-order valence-electron chi connectivity index (χ0n) is 8.90. The fraction of sp³-hybridized carbons (Fsp3) is 0.818. The van der Waals surface area contributed by atoms with Gasteiger partial charge in [-0.15, -0.1) is 0 Å². The molecule has 1 heteroatoms. The van der Waals surface area contributed by atoms with E-state index in [1.807, 2.05) is 0 Å². The van der Waals surface area contributed by atoms with Crippen LogP contribution in [0.3, 0.4) is 0 Å². The van der Waals surface area contributed by atoms with Gasteiger partial charge in [0.2, 0.25) is 0 Å². The van der Waals surface area contributed by atoms with Gasteiger partial charge in [-0.2, -0.15) is 0 Å². The van der Waals surface area contributed by atoms with Gasteiger partial charge in [0, 0.05) is 5.41 Å². The summed E-state index contributed by atoms with van der Waals surface area (Å²) in [5.41, 5.74) is 0.113. The predicted octanol–water partition coefficient (Wildman–Crippen LogP) is 3.36. The third kappa shape index (κ3) is 1.50. The van der Waals surface area contributed by atoms with Crippen LogP contribution in [0.1, 0.15) is 41.0 Å². The first kappa shape index (κ1) is 9.63. The molecule has 0 bridgehead atoms. The second-order valence-electron chi connectivity index (χ2n) is 5.12. The van der Waals surface area contributed by atoms with E-state index in [1.54, 1.807) is 0 Å². The van der Waals surface area contributed by atoms with Crippen LogP contribution in [0.5, 0.6) is 0 Å². The molecule has 1 saturated heterocycles. The molecule has 0 aliphatic carbocycles. The van der Waals surface area contributed by atoms with Crippen LogP contribution in [-0.2, 0) is 4.74 Å². The monoisotopic (exact) mass is 168 g/mol. The summed E-state index contributed by atoms with van der Waals surface area (Å²) in [6, 6.07) is 0. The van der Waals surface area contributed by atoms with E-state index >= 15 is 0 Å². The van der Waals surface area contributed by atoms with Crippen LogP contribution in [0.15, 0.2) is 12.3 Å². The third-order valence-electron chi connectivity index (χ3n) is 3.14. The normalized spacial score (nSPS) is 32.8. The van der Waals surface area contributed by atoms with Crippen molar-refractivity contribution in [2.45, 2.75) is 46.6 Å². The van der Waals surface area contributed by atoms with Gasteiger partial charge in [-0.25, -0.2) is 0 Å². The van der Waals surface area contributed by atoms with Crippen LogP contribution in [-0.4, -0.2) is 5.60 Å². The van der Waals surface area contributed by atoms with Crippen molar-refractivity contribution in [1.82, 2.24) is 0 Å². The average Bonchev–Trinajstić information content (AvgIpc) is 1.82. The van der Waals surface area contributed by atoms with E-state index in [0.717, 1.165) is 5.76 Å². The highest BCUT2D eigenvalue weighted by Crippen LogP contribution is 2.45. The van der Waals surface area contributed by atoms with Crippen molar-refractivity contribution >= 4 is 0 Å². The first-order chi connectivity index (χ1) is 5.26. The molecule has 0 N–H and O–H groups in total. The molecule has 1 atom stereocenters. The smallest absolute Gasteiger partial charge is 0.106 e. The molecule has 1 heterocycles. The lowest BCUT2D eigenvalue weighted by Gasteiger charge is -2.46. The second kappa shape index (κ2) is 2.51. The Morgan fingerprint density at radius 3 is 2.25 bits per heavy atom. The molecule has 70 valence electrons. The van der Waals surface area contributed by atoms with E-state index in [-0.39, 0.29) is 11.0 Å². The largest absolute Gasteiger partial charge is 0.492 e. The molecular formula is C11H20O. The van der Waals surface area contributed by atoms with Crippen LogP contribution < -0.4 is 0 Å². The van der Waals surface area contributed by atoms with Crippen molar-refractivity contribution < 1.29 is 4.74 Å². The lowest BCUT2D eigenvalue weighted by atomic mass is 9.73. The Balaban J connectivity index is 2.83. The fourth-order valence-corrected chi connectivity index (χ4v) is 1.68. The van der Waals surface area contributed by atoms with E-state index in [1.165, 1.54) is 6.42 Å². The number of hydrogen-bond acceptors (Lipinski definition) is 1. The highest BCUT2D eigenvalue weighted by Gasteiger charge is 2.41. The maximum atomic E-state index is 5.81. The second-order valence-corrected chi connectivity index (χ2v) is 5.12. The Morgan fingerprint density at radius 2 is 1.83 bits per heavy atom. The molecule has 0 amide bonds. The first-order valence-corrected chi connectivity index (χ1v) is 4.64. The molecule has 1 unspecified atom stereocenters. The van der Waals surface area contributed by atoms with E-state index in [9.17, 15) is 0 Å². The van der Waals surface area contributed by atoms with E-state index in [2.05, 4.69) is 41.2 Å². The minimum atomic E-state index is -0.0351. The number of rotatable bonds is 0. The van der Waals surface area contributed by atoms with Gasteiger partial charge in [0.15, 0.2) is 0 Å².